The predicted molar refractivity (Wildman–Crippen MR) is 80.8 cm³/mol. The van der Waals surface area contributed by atoms with Gasteiger partial charge in [0.2, 0.25) is 0 Å². The lowest BCUT2D eigenvalue weighted by atomic mass is 9.97. The van der Waals surface area contributed by atoms with Crippen molar-refractivity contribution in [3.63, 3.8) is 0 Å². The van der Waals surface area contributed by atoms with Crippen molar-refractivity contribution in [1.29, 1.82) is 0 Å². The third-order valence-corrected chi connectivity index (χ3v) is 3.74. The topological polar surface area (TPSA) is 47.3 Å². The zero-order valence-electron chi connectivity index (χ0n) is 12.8. The van der Waals surface area contributed by atoms with Crippen molar-refractivity contribution in [3.8, 4) is 0 Å². The second kappa shape index (κ2) is 5.94. The highest BCUT2D eigenvalue weighted by molar-refractivity contribution is 5.81. The van der Waals surface area contributed by atoms with Crippen molar-refractivity contribution in [2.24, 2.45) is 0 Å². The highest BCUT2D eigenvalue weighted by atomic mass is 16.5. The molecule has 0 fully saturated rings. The first kappa shape index (κ1) is 15.0. The van der Waals surface area contributed by atoms with E-state index in [4.69, 9.17) is 4.74 Å². The van der Waals surface area contributed by atoms with Gasteiger partial charge in [-0.3, -0.25) is 4.68 Å². The fourth-order valence-corrected chi connectivity index (χ4v) is 2.53. The summed E-state index contributed by atoms with van der Waals surface area (Å²) in [6, 6.07) is 8.17. The monoisotopic (exact) mass is 276 g/mol. The molecule has 0 radical (unpaired) electrons. The number of hydrogen-bond donors (Lipinski definition) is 1. The molecule has 4 heteroatoms. The number of nitrogens with zero attached hydrogens (tertiary/aromatic N) is 2. The standard InChI is InChI=1S/C16H24N2O2/c1-5-18-15-9-7-6-8-13(15)14(17-18)10-12(19)11-16(2,3)20-4/h6-9,12,19H,5,10-11H2,1-4H3. The van der Waals surface area contributed by atoms with Crippen LogP contribution in [-0.4, -0.2) is 33.7 Å². The van der Waals surface area contributed by atoms with Gasteiger partial charge in [-0.25, -0.2) is 0 Å². The summed E-state index contributed by atoms with van der Waals surface area (Å²) in [6.45, 7) is 6.88. The van der Waals surface area contributed by atoms with Gasteiger partial charge in [0.15, 0.2) is 0 Å². The number of rotatable bonds is 6. The number of fused-ring (bicyclic) bond motifs is 1. The molecule has 1 atom stereocenters. The Bertz CT molecular complexity index is 575. The quantitative estimate of drug-likeness (QED) is 0.882. The Balaban J connectivity index is 2.21. The summed E-state index contributed by atoms with van der Waals surface area (Å²) in [7, 11) is 1.67. The third-order valence-electron chi connectivity index (χ3n) is 3.74. The van der Waals surface area contributed by atoms with Gasteiger partial charge >= 0.3 is 0 Å². The van der Waals surface area contributed by atoms with E-state index in [1.807, 2.05) is 30.7 Å². The molecule has 0 aliphatic rings. The van der Waals surface area contributed by atoms with E-state index in [0.29, 0.717) is 12.8 Å². The van der Waals surface area contributed by atoms with Crippen molar-refractivity contribution in [3.05, 3.63) is 30.0 Å². The molecule has 0 aliphatic carbocycles. The van der Waals surface area contributed by atoms with E-state index in [1.54, 1.807) is 7.11 Å². The van der Waals surface area contributed by atoms with Gasteiger partial charge in [-0.1, -0.05) is 18.2 Å². The van der Waals surface area contributed by atoms with Crippen LogP contribution in [0, 0.1) is 0 Å². The number of aliphatic hydroxyl groups excluding tert-OH is 1. The molecular weight excluding hydrogens is 252 g/mol. The number of methoxy groups -OCH3 is 1. The van der Waals surface area contributed by atoms with Crippen LogP contribution in [0.3, 0.4) is 0 Å². The minimum atomic E-state index is -0.450. The van der Waals surface area contributed by atoms with Gasteiger partial charge in [0, 0.05) is 31.9 Å². The van der Waals surface area contributed by atoms with Gasteiger partial charge < -0.3 is 9.84 Å². The second-order valence-corrected chi connectivity index (χ2v) is 5.81. The lowest BCUT2D eigenvalue weighted by Crippen LogP contribution is -2.29. The first-order chi connectivity index (χ1) is 9.46. The highest BCUT2D eigenvalue weighted by Gasteiger charge is 2.23. The molecule has 4 nitrogen and oxygen atoms in total. The Morgan fingerprint density at radius 3 is 2.70 bits per heavy atom. The van der Waals surface area contributed by atoms with E-state index in [-0.39, 0.29) is 5.60 Å². The maximum absolute atomic E-state index is 10.3. The number of aliphatic hydroxyl groups is 1. The van der Waals surface area contributed by atoms with Crippen LogP contribution < -0.4 is 0 Å². The molecule has 0 aliphatic heterocycles. The molecule has 110 valence electrons. The Morgan fingerprint density at radius 2 is 2.05 bits per heavy atom. The number of ether oxygens (including phenoxy) is 1. The van der Waals surface area contributed by atoms with Gasteiger partial charge in [-0.2, -0.15) is 5.10 Å². The van der Waals surface area contributed by atoms with Crippen LogP contribution in [0.2, 0.25) is 0 Å². The Labute approximate surface area is 120 Å². The first-order valence-corrected chi connectivity index (χ1v) is 7.14. The zero-order chi connectivity index (χ0) is 14.8. The second-order valence-electron chi connectivity index (χ2n) is 5.81. The molecule has 0 spiro atoms. The van der Waals surface area contributed by atoms with Gasteiger partial charge in [0.1, 0.15) is 0 Å². The number of benzene rings is 1. The van der Waals surface area contributed by atoms with Crippen molar-refractivity contribution in [2.75, 3.05) is 7.11 Å². The largest absolute Gasteiger partial charge is 0.393 e. The number of hydrogen-bond acceptors (Lipinski definition) is 3. The molecule has 2 rings (SSSR count). The van der Waals surface area contributed by atoms with E-state index in [1.165, 1.54) is 0 Å². The normalized spacial score (nSPS) is 13.8. The Kier molecular flexibility index (Phi) is 4.45. The molecule has 1 N–H and O–H groups in total. The summed E-state index contributed by atoms with van der Waals surface area (Å²) < 4.78 is 7.36. The van der Waals surface area contributed by atoms with E-state index in [9.17, 15) is 5.11 Å². The highest BCUT2D eigenvalue weighted by Crippen LogP contribution is 2.23. The van der Waals surface area contributed by atoms with Gasteiger partial charge in [0.25, 0.3) is 0 Å². The van der Waals surface area contributed by atoms with Gasteiger partial charge in [-0.05, 0) is 26.8 Å². The van der Waals surface area contributed by atoms with Crippen LogP contribution in [0.4, 0.5) is 0 Å². The number of aryl methyl sites for hydroxylation is 1. The molecule has 0 bridgehead atoms. The summed E-state index contributed by atoms with van der Waals surface area (Å²) in [6.07, 6.45) is 0.700. The van der Waals surface area contributed by atoms with Crippen LogP contribution >= 0.6 is 0 Å². The van der Waals surface area contributed by atoms with Crippen molar-refractivity contribution in [2.45, 2.75) is 51.9 Å². The van der Waals surface area contributed by atoms with Crippen LogP contribution in [0.25, 0.3) is 10.9 Å². The summed E-state index contributed by atoms with van der Waals surface area (Å²) in [5.41, 5.74) is 1.77. The molecule has 20 heavy (non-hydrogen) atoms. The van der Waals surface area contributed by atoms with Crippen molar-refractivity contribution >= 4 is 10.9 Å². The maximum atomic E-state index is 10.3. The molecular formula is C16H24N2O2. The fraction of sp³-hybridized carbons (Fsp3) is 0.562. The molecule has 1 unspecified atom stereocenters. The number of para-hydroxylation sites is 1. The molecule has 0 amide bonds. The van der Waals surface area contributed by atoms with E-state index >= 15 is 0 Å². The minimum Gasteiger partial charge on any atom is -0.393 e. The average molecular weight is 276 g/mol. The maximum Gasteiger partial charge on any atom is 0.0729 e. The molecule has 0 saturated heterocycles. The molecule has 1 aromatic carbocycles. The Morgan fingerprint density at radius 1 is 1.35 bits per heavy atom. The lowest BCUT2D eigenvalue weighted by molar-refractivity contribution is -0.0192. The summed E-state index contributed by atoms with van der Waals surface area (Å²) >= 11 is 0. The fourth-order valence-electron chi connectivity index (χ4n) is 2.53. The Hall–Kier alpha value is -1.39. The van der Waals surface area contributed by atoms with Crippen LogP contribution in [0.5, 0.6) is 0 Å². The van der Waals surface area contributed by atoms with Gasteiger partial charge in [-0.15, -0.1) is 0 Å². The van der Waals surface area contributed by atoms with E-state index < -0.39 is 6.10 Å². The van der Waals surface area contributed by atoms with Crippen molar-refractivity contribution < 1.29 is 9.84 Å². The first-order valence-electron chi connectivity index (χ1n) is 7.14. The van der Waals surface area contributed by atoms with Crippen LogP contribution in [0.1, 0.15) is 32.9 Å². The minimum absolute atomic E-state index is 0.317. The summed E-state index contributed by atoms with van der Waals surface area (Å²) in [5, 5.41) is 16.0. The third kappa shape index (κ3) is 3.19. The molecule has 1 aromatic heterocycles. The molecule has 0 saturated carbocycles. The van der Waals surface area contributed by atoms with Crippen molar-refractivity contribution in [1.82, 2.24) is 9.78 Å². The van der Waals surface area contributed by atoms with E-state index in [0.717, 1.165) is 23.1 Å². The lowest BCUT2D eigenvalue weighted by Gasteiger charge is -2.25. The number of aromatic nitrogens is 2. The summed E-state index contributed by atoms with van der Waals surface area (Å²) in [5.74, 6) is 0. The van der Waals surface area contributed by atoms with Crippen LogP contribution in [0.15, 0.2) is 24.3 Å². The van der Waals surface area contributed by atoms with E-state index in [2.05, 4.69) is 24.2 Å². The summed E-state index contributed by atoms with van der Waals surface area (Å²) in [4.78, 5) is 0. The SMILES string of the molecule is CCn1nc(CC(O)CC(C)(C)OC)c2ccccc21. The molecule has 2 aromatic rings. The molecule has 1 heterocycles. The average Bonchev–Trinajstić information content (AvgIpc) is 2.76. The zero-order valence-corrected chi connectivity index (χ0v) is 12.8. The predicted octanol–water partition coefficient (Wildman–Crippen LogP) is 2.77. The smallest absolute Gasteiger partial charge is 0.0729 e. The van der Waals surface area contributed by atoms with Crippen LogP contribution in [-0.2, 0) is 17.7 Å². The van der Waals surface area contributed by atoms with Gasteiger partial charge in [0.05, 0.1) is 22.9 Å².